The summed E-state index contributed by atoms with van der Waals surface area (Å²) in [6.07, 6.45) is 1.24. The van der Waals surface area contributed by atoms with E-state index >= 15 is 0 Å². The van der Waals surface area contributed by atoms with Gasteiger partial charge in [0.2, 0.25) is 5.91 Å². The number of thiophene rings is 1. The first-order valence-corrected chi connectivity index (χ1v) is 9.56. The number of hydrogen-bond donors (Lipinski definition) is 2. The van der Waals surface area contributed by atoms with E-state index in [2.05, 4.69) is 10.6 Å². The van der Waals surface area contributed by atoms with Gasteiger partial charge in [-0.1, -0.05) is 11.6 Å². The van der Waals surface area contributed by atoms with Crippen LogP contribution in [0.3, 0.4) is 0 Å². The lowest BCUT2D eigenvalue weighted by Gasteiger charge is -2.31. The second kappa shape index (κ2) is 8.42. The van der Waals surface area contributed by atoms with Crippen molar-refractivity contribution in [1.82, 2.24) is 4.90 Å². The third kappa shape index (κ3) is 4.47. The second-order valence-corrected chi connectivity index (χ2v) is 7.39. The van der Waals surface area contributed by atoms with Gasteiger partial charge < -0.3 is 15.0 Å². The van der Waals surface area contributed by atoms with Crippen molar-refractivity contribution in [3.63, 3.8) is 0 Å². The minimum Gasteiger partial charge on any atom is -0.495 e. The van der Waals surface area contributed by atoms with E-state index in [9.17, 15) is 9.59 Å². The van der Waals surface area contributed by atoms with Crippen LogP contribution in [-0.4, -0.2) is 37.0 Å². The third-order valence-corrected chi connectivity index (χ3v) is 5.34. The van der Waals surface area contributed by atoms with E-state index < -0.39 is 0 Å². The number of methoxy groups -OCH3 is 1. The molecule has 0 radical (unpaired) electrons. The number of nitrogens with zero attached hydrogens (tertiary/aromatic N) is 1. The van der Waals surface area contributed by atoms with Crippen LogP contribution in [0.2, 0.25) is 5.02 Å². The minimum atomic E-state index is -0.149. The van der Waals surface area contributed by atoms with Crippen LogP contribution in [0, 0.1) is 5.92 Å². The van der Waals surface area contributed by atoms with Gasteiger partial charge in [0.05, 0.1) is 17.8 Å². The lowest BCUT2D eigenvalue weighted by molar-refractivity contribution is -0.121. The Kier molecular flexibility index (Phi) is 6.00. The molecule has 2 N–H and O–H groups in total. The molecule has 1 aliphatic rings. The molecule has 0 spiro atoms. The Morgan fingerprint density at radius 2 is 2.00 bits per heavy atom. The van der Waals surface area contributed by atoms with Gasteiger partial charge >= 0.3 is 6.03 Å². The Labute approximate surface area is 161 Å². The number of urea groups is 1. The van der Waals surface area contributed by atoms with Crippen LogP contribution in [0.1, 0.15) is 12.8 Å². The maximum absolute atomic E-state index is 12.6. The number of rotatable bonds is 4. The van der Waals surface area contributed by atoms with Crippen LogP contribution in [0.25, 0.3) is 0 Å². The Morgan fingerprint density at radius 3 is 2.65 bits per heavy atom. The molecule has 0 unspecified atom stereocenters. The molecule has 3 amide bonds. The average molecular weight is 394 g/mol. The van der Waals surface area contributed by atoms with Gasteiger partial charge in [-0.25, -0.2) is 4.79 Å². The van der Waals surface area contributed by atoms with Crippen LogP contribution in [0.5, 0.6) is 5.75 Å². The molecular weight excluding hydrogens is 374 g/mol. The fourth-order valence-electron chi connectivity index (χ4n) is 2.89. The molecule has 3 rings (SSSR count). The molecule has 2 heterocycles. The smallest absolute Gasteiger partial charge is 0.322 e. The largest absolute Gasteiger partial charge is 0.495 e. The highest BCUT2D eigenvalue weighted by molar-refractivity contribution is 7.14. The Bertz CT molecular complexity index is 774. The summed E-state index contributed by atoms with van der Waals surface area (Å²) in [5.41, 5.74) is 0.558. The van der Waals surface area contributed by atoms with Crippen molar-refractivity contribution >= 4 is 45.6 Å². The maximum Gasteiger partial charge on any atom is 0.322 e. The maximum atomic E-state index is 12.6. The van der Waals surface area contributed by atoms with Crippen LogP contribution in [-0.2, 0) is 4.79 Å². The van der Waals surface area contributed by atoms with Crippen molar-refractivity contribution in [1.29, 1.82) is 0 Å². The Hall–Kier alpha value is -2.25. The molecular formula is C18H20ClN3O3S. The van der Waals surface area contributed by atoms with E-state index in [0.717, 1.165) is 5.00 Å². The number of ether oxygens (including phenoxy) is 1. The molecule has 0 bridgehead atoms. The van der Waals surface area contributed by atoms with Gasteiger partial charge in [-0.2, -0.15) is 0 Å². The van der Waals surface area contributed by atoms with Crippen LogP contribution in [0.4, 0.5) is 15.5 Å². The lowest BCUT2D eigenvalue weighted by Crippen LogP contribution is -2.43. The number of halogens is 1. The number of carbonyl (C=O) groups is 2. The number of anilines is 2. The zero-order valence-electron chi connectivity index (χ0n) is 14.3. The summed E-state index contributed by atoms with van der Waals surface area (Å²) in [6, 6.07) is 8.73. The summed E-state index contributed by atoms with van der Waals surface area (Å²) in [5, 5.41) is 9.02. The second-order valence-electron chi connectivity index (χ2n) is 6.00. The molecule has 8 heteroatoms. The highest BCUT2D eigenvalue weighted by Crippen LogP contribution is 2.29. The molecule has 0 atom stereocenters. The Morgan fingerprint density at radius 1 is 1.23 bits per heavy atom. The van der Waals surface area contributed by atoms with E-state index in [1.165, 1.54) is 11.3 Å². The van der Waals surface area contributed by atoms with Gasteiger partial charge in [-0.3, -0.25) is 10.1 Å². The summed E-state index contributed by atoms with van der Waals surface area (Å²) < 4.78 is 5.25. The quantitative estimate of drug-likeness (QED) is 0.813. The van der Waals surface area contributed by atoms with Crippen LogP contribution in [0.15, 0.2) is 35.7 Å². The molecule has 1 fully saturated rings. The van der Waals surface area contributed by atoms with Crippen LogP contribution < -0.4 is 15.4 Å². The topological polar surface area (TPSA) is 70.7 Å². The van der Waals surface area contributed by atoms with Crippen molar-refractivity contribution in [2.75, 3.05) is 30.8 Å². The zero-order valence-corrected chi connectivity index (χ0v) is 15.9. The number of likely N-dealkylation sites (tertiary alicyclic amines) is 1. The van der Waals surface area contributed by atoms with Crippen molar-refractivity contribution in [2.45, 2.75) is 12.8 Å². The molecule has 1 saturated heterocycles. The number of benzene rings is 1. The fraction of sp³-hybridized carbons (Fsp3) is 0.333. The van der Waals surface area contributed by atoms with E-state index in [-0.39, 0.29) is 17.9 Å². The monoisotopic (exact) mass is 393 g/mol. The normalized spacial score (nSPS) is 14.8. The van der Waals surface area contributed by atoms with Gasteiger partial charge in [0, 0.05) is 24.0 Å². The van der Waals surface area contributed by atoms with E-state index in [4.69, 9.17) is 16.3 Å². The number of piperidine rings is 1. The first-order valence-electron chi connectivity index (χ1n) is 8.30. The molecule has 0 saturated carbocycles. The average Bonchev–Trinajstić information content (AvgIpc) is 3.15. The first-order chi connectivity index (χ1) is 12.6. The molecule has 1 aromatic heterocycles. The van der Waals surface area contributed by atoms with E-state index in [1.54, 1.807) is 30.2 Å². The standard InChI is InChI=1S/C18H20ClN3O3S/c1-25-15-5-4-13(19)11-14(15)20-17(23)12-6-8-22(9-7-12)18(24)21-16-3-2-10-26-16/h2-5,10-12H,6-9H2,1H3,(H,20,23)(H,21,24). The van der Waals surface area contributed by atoms with E-state index in [0.29, 0.717) is 42.4 Å². The van der Waals surface area contributed by atoms with Crippen molar-refractivity contribution in [2.24, 2.45) is 5.92 Å². The predicted octanol–water partition coefficient (Wildman–Crippen LogP) is 4.29. The van der Waals surface area contributed by atoms with Crippen molar-refractivity contribution < 1.29 is 14.3 Å². The van der Waals surface area contributed by atoms with Gasteiger partial charge in [-0.15, -0.1) is 11.3 Å². The number of hydrogen-bond acceptors (Lipinski definition) is 4. The van der Waals surface area contributed by atoms with Crippen LogP contribution >= 0.6 is 22.9 Å². The molecule has 26 heavy (non-hydrogen) atoms. The highest BCUT2D eigenvalue weighted by atomic mass is 35.5. The third-order valence-electron chi connectivity index (χ3n) is 4.32. The van der Waals surface area contributed by atoms with Gasteiger partial charge in [-0.05, 0) is 48.6 Å². The summed E-state index contributed by atoms with van der Waals surface area (Å²) in [6.45, 7) is 1.09. The zero-order chi connectivity index (χ0) is 18.5. The lowest BCUT2D eigenvalue weighted by atomic mass is 9.96. The summed E-state index contributed by atoms with van der Waals surface area (Å²) in [7, 11) is 1.55. The van der Waals surface area contributed by atoms with Gasteiger partial charge in [0.1, 0.15) is 5.75 Å². The summed E-state index contributed by atoms with van der Waals surface area (Å²) >= 11 is 7.48. The Balaban J connectivity index is 1.54. The predicted molar refractivity (Wildman–Crippen MR) is 104 cm³/mol. The first kappa shape index (κ1) is 18.5. The van der Waals surface area contributed by atoms with Gasteiger partial charge in [0.25, 0.3) is 0 Å². The molecule has 0 aliphatic carbocycles. The molecule has 2 aromatic rings. The number of nitrogens with one attached hydrogen (secondary N) is 2. The summed E-state index contributed by atoms with van der Waals surface area (Å²) in [4.78, 5) is 26.5. The molecule has 1 aromatic carbocycles. The number of carbonyl (C=O) groups excluding carboxylic acids is 2. The number of amides is 3. The van der Waals surface area contributed by atoms with Crippen molar-refractivity contribution in [3.05, 3.63) is 40.7 Å². The van der Waals surface area contributed by atoms with E-state index in [1.807, 2.05) is 17.5 Å². The van der Waals surface area contributed by atoms with Crippen molar-refractivity contribution in [3.8, 4) is 5.75 Å². The molecule has 138 valence electrons. The van der Waals surface area contributed by atoms with Gasteiger partial charge in [0.15, 0.2) is 0 Å². The fourth-order valence-corrected chi connectivity index (χ4v) is 3.67. The summed E-state index contributed by atoms with van der Waals surface area (Å²) in [5.74, 6) is 0.337. The SMILES string of the molecule is COc1ccc(Cl)cc1NC(=O)C1CCN(C(=O)Nc2cccs2)CC1. The minimum absolute atomic E-state index is 0.0797. The highest BCUT2D eigenvalue weighted by Gasteiger charge is 2.28. The molecule has 1 aliphatic heterocycles. The molecule has 6 nitrogen and oxygen atoms in total.